The largest absolute Gasteiger partial charge is 0.480 e. The number of carbonyl (C=O) groups is 2. The third kappa shape index (κ3) is 6.28. The Morgan fingerprint density at radius 1 is 1.28 bits per heavy atom. The molecule has 0 spiro atoms. The first kappa shape index (κ1) is 24.6. The van der Waals surface area contributed by atoms with Crippen LogP contribution in [0.4, 0.5) is 5.13 Å². The summed E-state index contributed by atoms with van der Waals surface area (Å²) in [5.41, 5.74) is 1.23. The number of thiazole rings is 1. The number of aryl methyl sites for hydroxylation is 1. The van der Waals surface area contributed by atoms with E-state index in [0.29, 0.717) is 21.3 Å². The molecular weight excluding hydrogens is 474 g/mol. The maximum Gasteiger partial charge on any atom is 0.321 e. The van der Waals surface area contributed by atoms with Crippen LogP contribution in [0.5, 0.6) is 0 Å². The van der Waals surface area contributed by atoms with Gasteiger partial charge in [0.25, 0.3) is 0 Å². The number of benzene rings is 1. The van der Waals surface area contributed by atoms with Gasteiger partial charge in [0.15, 0.2) is 15.0 Å². The number of aromatic nitrogens is 1. The molecular formula is C21H26ClN3O5S2. The van der Waals surface area contributed by atoms with Gasteiger partial charge < -0.3 is 15.7 Å². The zero-order valence-electron chi connectivity index (χ0n) is 17.9. The SMILES string of the molecule is Cc1nc(NC(=O)C[C@@H](NC2CCCCC2)C(=O)O)sc1-c1ccc(Cl)c(S(C)(=O)=O)c1. The van der Waals surface area contributed by atoms with Crippen LogP contribution < -0.4 is 10.6 Å². The standard InChI is InChI=1S/C21H26ClN3O5S2/c1-12-19(13-8-9-15(22)17(10-13)32(2,29)30)31-21(23-12)25-18(26)11-16(20(27)28)24-14-6-4-3-5-7-14/h8-10,14,16,24H,3-7,11H2,1-2H3,(H,27,28)(H,23,25,26)/t16-/m1/s1. The summed E-state index contributed by atoms with van der Waals surface area (Å²) in [7, 11) is -3.50. The van der Waals surface area contributed by atoms with E-state index >= 15 is 0 Å². The first-order chi connectivity index (χ1) is 15.0. The highest BCUT2D eigenvalue weighted by Gasteiger charge is 2.26. The van der Waals surface area contributed by atoms with Gasteiger partial charge in [0.1, 0.15) is 6.04 Å². The van der Waals surface area contributed by atoms with Crippen LogP contribution in [-0.2, 0) is 19.4 Å². The Balaban J connectivity index is 1.72. The molecule has 3 N–H and O–H groups in total. The average Bonchev–Trinajstić information content (AvgIpc) is 3.07. The van der Waals surface area contributed by atoms with E-state index in [9.17, 15) is 23.1 Å². The van der Waals surface area contributed by atoms with Crippen LogP contribution in [0.1, 0.15) is 44.2 Å². The number of hydrogen-bond acceptors (Lipinski definition) is 7. The summed E-state index contributed by atoms with van der Waals surface area (Å²) in [6.07, 6.45) is 5.98. The number of nitrogens with one attached hydrogen (secondary N) is 2. The summed E-state index contributed by atoms with van der Waals surface area (Å²) in [6, 6.07) is 3.84. The Morgan fingerprint density at radius 2 is 1.97 bits per heavy atom. The zero-order valence-corrected chi connectivity index (χ0v) is 20.2. The monoisotopic (exact) mass is 499 g/mol. The van der Waals surface area contributed by atoms with Gasteiger partial charge in [-0.1, -0.05) is 48.3 Å². The van der Waals surface area contributed by atoms with Crippen LogP contribution in [-0.4, -0.2) is 48.7 Å². The first-order valence-corrected chi connectivity index (χ1v) is 13.4. The van der Waals surface area contributed by atoms with E-state index in [-0.39, 0.29) is 22.4 Å². The molecule has 11 heteroatoms. The lowest BCUT2D eigenvalue weighted by atomic mass is 9.94. The summed E-state index contributed by atoms with van der Waals surface area (Å²) < 4.78 is 23.9. The van der Waals surface area contributed by atoms with Crippen LogP contribution in [0.2, 0.25) is 5.02 Å². The maximum absolute atomic E-state index is 12.5. The number of anilines is 1. The predicted molar refractivity (Wildman–Crippen MR) is 125 cm³/mol. The Labute approximate surface area is 196 Å². The molecule has 3 rings (SSSR count). The van der Waals surface area contributed by atoms with Crippen LogP contribution in [0, 0.1) is 6.92 Å². The number of sulfone groups is 1. The molecule has 0 aliphatic heterocycles. The third-order valence-corrected chi connectivity index (χ3v) is 8.07. The summed E-state index contributed by atoms with van der Waals surface area (Å²) in [5.74, 6) is -1.51. The lowest BCUT2D eigenvalue weighted by Crippen LogP contribution is -2.45. The van der Waals surface area contributed by atoms with Crippen molar-refractivity contribution in [2.45, 2.75) is 62.4 Å². The molecule has 174 valence electrons. The molecule has 0 saturated heterocycles. The number of aliphatic carboxylic acids is 1. The maximum atomic E-state index is 12.5. The van der Waals surface area contributed by atoms with Crippen molar-refractivity contribution in [2.75, 3.05) is 11.6 Å². The van der Waals surface area contributed by atoms with E-state index in [2.05, 4.69) is 15.6 Å². The highest BCUT2D eigenvalue weighted by atomic mass is 35.5. The predicted octanol–water partition coefficient (Wildman–Crippen LogP) is 3.88. The van der Waals surface area contributed by atoms with Crippen molar-refractivity contribution in [1.29, 1.82) is 0 Å². The van der Waals surface area contributed by atoms with Gasteiger partial charge in [-0.15, -0.1) is 0 Å². The highest BCUT2D eigenvalue weighted by Crippen LogP contribution is 2.35. The molecule has 0 radical (unpaired) electrons. The number of amides is 1. The average molecular weight is 500 g/mol. The van der Waals surface area contributed by atoms with Crippen LogP contribution in [0.15, 0.2) is 23.1 Å². The molecule has 1 heterocycles. The number of halogens is 1. The lowest BCUT2D eigenvalue weighted by Gasteiger charge is -2.26. The Bertz CT molecular complexity index is 1110. The third-order valence-electron chi connectivity index (χ3n) is 5.37. The van der Waals surface area contributed by atoms with Crippen LogP contribution >= 0.6 is 22.9 Å². The molecule has 1 amide bonds. The minimum Gasteiger partial charge on any atom is -0.480 e. The van der Waals surface area contributed by atoms with Crippen molar-refractivity contribution in [3.8, 4) is 10.4 Å². The number of carboxylic acid groups (broad SMARTS) is 1. The minimum absolute atomic E-state index is 0.0214. The van der Waals surface area contributed by atoms with E-state index < -0.39 is 27.8 Å². The molecule has 0 unspecified atom stereocenters. The van der Waals surface area contributed by atoms with Gasteiger partial charge in [-0.05, 0) is 37.5 Å². The molecule has 8 nitrogen and oxygen atoms in total. The van der Waals surface area contributed by atoms with Crippen LogP contribution in [0.25, 0.3) is 10.4 Å². The molecule has 1 fully saturated rings. The van der Waals surface area contributed by atoms with Crippen molar-refractivity contribution in [2.24, 2.45) is 0 Å². The zero-order chi connectivity index (χ0) is 23.5. The fourth-order valence-electron chi connectivity index (χ4n) is 3.77. The lowest BCUT2D eigenvalue weighted by molar-refractivity contribution is -0.141. The van der Waals surface area contributed by atoms with Gasteiger partial charge in [-0.3, -0.25) is 9.59 Å². The van der Waals surface area contributed by atoms with Gasteiger partial charge in [0.05, 0.1) is 26.9 Å². The molecule has 1 atom stereocenters. The second kappa shape index (κ2) is 10.3. The molecule has 1 aromatic carbocycles. The van der Waals surface area contributed by atoms with Crippen molar-refractivity contribution < 1.29 is 23.1 Å². The Hall–Kier alpha value is -2.01. The molecule has 1 aromatic heterocycles. The van der Waals surface area contributed by atoms with Crippen molar-refractivity contribution in [1.82, 2.24) is 10.3 Å². The molecule has 0 bridgehead atoms. The van der Waals surface area contributed by atoms with Gasteiger partial charge in [-0.2, -0.15) is 0 Å². The summed E-state index contributed by atoms with van der Waals surface area (Å²) >= 11 is 7.21. The fraction of sp³-hybridized carbons (Fsp3) is 0.476. The highest BCUT2D eigenvalue weighted by molar-refractivity contribution is 7.90. The smallest absolute Gasteiger partial charge is 0.321 e. The first-order valence-electron chi connectivity index (χ1n) is 10.3. The quantitative estimate of drug-likeness (QED) is 0.503. The summed E-state index contributed by atoms with van der Waals surface area (Å²) in [4.78, 5) is 29.2. The van der Waals surface area contributed by atoms with E-state index in [1.54, 1.807) is 13.0 Å². The Kier molecular flexibility index (Phi) is 7.92. The summed E-state index contributed by atoms with van der Waals surface area (Å²) in [5, 5.41) is 15.7. The van der Waals surface area contributed by atoms with Gasteiger partial charge in [-0.25, -0.2) is 13.4 Å². The van der Waals surface area contributed by atoms with Crippen molar-refractivity contribution >= 4 is 49.8 Å². The van der Waals surface area contributed by atoms with Crippen LogP contribution in [0.3, 0.4) is 0 Å². The molecule has 2 aromatic rings. The molecule has 32 heavy (non-hydrogen) atoms. The van der Waals surface area contributed by atoms with Gasteiger partial charge in [0, 0.05) is 12.3 Å². The number of carbonyl (C=O) groups excluding carboxylic acids is 1. The molecule has 1 aliphatic rings. The topological polar surface area (TPSA) is 125 Å². The van der Waals surface area contributed by atoms with Gasteiger partial charge >= 0.3 is 5.97 Å². The second-order valence-electron chi connectivity index (χ2n) is 8.00. The second-order valence-corrected chi connectivity index (χ2v) is 11.4. The molecule has 1 saturated carbocycles. The van der Waals surface area contributed by atoms with Crippen molar-refractivity contribution in [3.05, 3.63) is 28.9 Å². The summed E-state index contributed by atoms with van der Waals surface area (Å²) in [6.45, 7) is 1.75. The van der Waals surface area contributed by atoms with E-state index in [1.165, 1.54) is 23.5 Å². The van der Waals surface area contributed by atoms with E-state index in [0.717, 1.165) is 38.4 Å². The minimum atomic E-state index is -3.50. The number of carboxylic acids is 1. The fourth-order valence-corrected chi connectivity index (χ4v) is 6.05. The number of hydrogen-bond donors (Lipinski definition) is 3. The Morgan fingerprint density at radius 3 is 2.59 bits per heavy atom. The molecule has 1 aliphatic carbocycles. The van der Waals surface area contributed by atoms with Crippen molar-refractivity contribution in [3.63, 3.8) is 0 Å². The normalized spacial score (nSPS) is 16.0. The van der Waals surface area contributed by atoms with Gasteiger partial charge in [0.2, 0.25) is 5.91 Å². The van der Waals surface area contributed by atoms with E-state index in [4.69, 9.17) is 11.6 Å². The van der Waals surface area contributed by atoms with E-state index in [1.807, 2.05) is 0 Å². The number of nitrogens with zero attached hydrogens (tertiary/aromatic N) is 1. The number of rotatable bonds is 8.